The van der Waals surface area contributed by atoms with Gasteiger partial charge in [0, 0.05) is 47.9 Å². The number of nitrogens with one attached hydrogen (secondary N) is 1. The van der Waals surface area contributed by atoms with Crippen molar-refractivity contribution in [2.75, 3.05) is 13.1 Å². The van der Waals surface area contributed by atoms with Crippen molar-refractivity contribution in [3.05, 3.63) is 58.4 Å². The van der Waals surface area contributed by atoms with Crippen LogP contribution in [0.1, 0.15) is 21.8 Å². The van der Waals surface area contributed by atoms with Crippen LogP contribution in [0.25, 0.3) is 10.6 Å². The van der Waals surface area contributed by atoms with Crippen molar-refractivity contribution in [1.29, 1.82) is 0 Å². The number of hydrogen-bond donors (Lipinski definition) is 2. The maximum Gasteiger partial charge on any atom is 0.123 e. The Morgan fingerprint density at radius 3 is 2.88 bits per heavy atom. The molecule has 136 valence electrons. The highest BCUT2D eigenvalue weighted by molar-refractivity contribution is 7.15. The number of rotatable bonds is 5. The highest BCUT2D eigenvalue weighted by Gasteiger charge is 2.32. The van der Waals surface area contributed by atoms with Gasteiger partial charge in [-0.3, -0.25) is 10.00 Å². The number of aryl methyl sites for hydroxylation is 2. The van der Waals surface area contributed by atoms with Crippen LogP contribution in [0.2, 0.25) is 0 Å². The van der Waals surface area contributed by atoms with E-state index in [0.717, 1.165) is 35.9 Å². The Morgan fingerprint density at radius 1 is 1.27 bits per heavy atom. The van der Waals surface area contributed by atoms with Gasteiger partial charge in [0.1, 0.15) is 5.01 Å². The van der Waals surface area contributed by atoms with E-state index in [0.29, 0.717) is 6.54 Å². The standard InChI is InChI=1S/C20H24N4OS/c1-13-5-3-4-6-18(13)20-21-9-17(26-20)11-24-10-15(19(25)12-24)8-16-7-14(2)22-23-16/h3-7,9,15,19,25H,8,10-12H2,1-2H3,(H,22,23)/t15-,19+/m1/s1. The molecular weight excluding hydrogens is 344 g/mol. The molecule has 1 aromatic carbocycles. The first-order valence-electron chi connectivity index (χ1n) is 9.00. The summed E-state index contributed by atoms with van der Waals surface area (Å²) < 4.78 is 0. The number of likely N-dealkylation sites (tertiary alicyclic amines) is 1. The molecule has 0 spiro atoms. The molecule has 0 saturated carbocycles. The first-order chi connectivity index (χ1) is 12.6. The first kappa shape index (κ1) is 17.4. The molecule has 0 unspecified atom stereocenters. The highest BCUT2D eigenvalue weighted by atomic mass is 32.1. The number of β-amino-alcohol motifs (C(OH)–C–C–N with tert-alkyl or cyclic N) is 1. The van der Waals surface area contributed by atoms with Gasteiger partial charge in [0.05, 0.1) is 11.8 Å². The van der Waals surface area contributed by atoms with Crippen molar-refractivity contribution in [3.63, 3.8) is 0 Å². The minimum absolute atomic E-state index is 0.237. The molecule has 3 aromatic rings. The molecule has 1 saturated heterocycles. The third-order valence-electron chi connectivity index (χ3n) is 5.02. The van der Waals surface area contributed by atoms with Gasteiger partial charge in [-0.05, 0) is 31.9 Å². The summed E-state index contributed by atoms with van der Waals surface area (Å²) >= 11 is 1.75. The minimum atomic E-state index is -0.296. The number of hydrogen-bond acceptors (Lipinski definition) is 5. The van der Waals surface area contributed by atoms with Gasteiger partial charge < -0.3 is 5.11 Å². The van der Waals surface area contributed by atoms with E-state index in [-0.39, 0.29) is 12.0 Å². The fourth-order valence-electron chi connectivity index (χ4n) is 3.66. The summed E-state index contributed by atoms with van der Waals surface area (Å²) in [6.45, 7) is 6.57. The minimum Gasteiger partial charge on any atom is -0.391 e. The Kier molecular flexibility index (Phi) is 4.89. The molecule has 6 heteroatoms. The summed E-state index contributed by atoms with van der Waals surface area (Å²) in [5.41, 5.74) is 4.56. The Hall–Kier alpha value is -2.02. The molecule has 2 N–H and O–H groups in total. The zero-order valence-corrected chi connectivity index (χ0v) is 16.0. The molecule has 3 heterocycles. The number of aromatic nitrogens is 3. The molecule has 26 heavy (non-hydrogen) atoms. The smallest absolute Gasteiger partial charge is 0.123 e. The number of aromatic amines is 1. The van der Waals surface area contributed by atoms with Crippen molar-refractivity contribution >= 4 is 11.3 Å². The van der Waals surface area contributed by atoms with Gasteiger partial charge in [0.25, 0.3) is 0 Å². The van der Waals surface area contributed by atoms with Gasteiger partial charge in [-0.25, -0.2) is 4.98 Å². The van der Waals surface area contributed by atoms with Crippen LogP contribution < -0.4 is 0 Å². The Labute approximate surface area is 157 Å². The lowest BCUT2D eigenvalue weighted by Crippen LogP contribution is -2.20. The molecule has 0 aliphatic carbocycles. The molecule has 0 amide bonds. The summed E-state index contributed by atoms with van der Waals surface area (Å²) in [5, 5.41) is 18.8. The summed E-state index contributed by atoms with van der Waals surface area (Å²) in [6, 6.07) is 10.4. The predicted octanol–water partition coefficient (Wildman–Crippen LogP) is 3.19. The van der Waals surface area contributed by atoms with Crippen LogP contribution in [0.4, 0.5) is 0 Å². The van der Waals surface area contributed by atoms with Crippen LogP contribution in [0.5, 0.6) is 0 Å². The average molecular weight is 369 g/mol. The molecule has 2 atom stereocenters. The van der Waals surface area contributed by atoms with Crippen LogP contribution in [0, 0.1) is 19.8 Å². The fourth-order valence-corrected chi connectivity index (χ4v) is 4.70. The Morgan fingerprint density at radius 2 is 2.12 bits per heavy atom. The number of nitrogens with zero attached hydrogens (tertiary/aromatic N) is 3. The van der Waals surface area contributed by atoms with E-state index < -0.39 is 0 Å². The van der Waals surface area contributed by atoms with E-state index in [9.17, 15) is 5.11 Å². The highest BCUT2D eigenvalue weighted by Crippen LogP contribution is 2.30. The van der Waals surface area contributed by atoms with E-state index in [1.807, 2.05) is 13.1 Å². The molecule has 1 fully saturated rings. The number of aliphatic hydroxyl groups excluding tert-OH is 1. The molecule has 1 aliphatic heterocycles. The van der Waals surface area contributed by atoms with E-state index in [2.05, 4.69) is 57.3 Å². The fraction of sp³-hybridized carbons (Fsp3) is 0.400. The van der Waals surface area contributed by atoms with Crippen LogP contribution in [-0.4, -0.2) is 44.4 Å². The summed E-state index contributed by atoms with van der Waals surface area (Å²) in [7, 11) is 0. The zero-order valence-electron chi connectivity index (χ0n) is 15.1. The SMILES string of the molecule is Cc1cc(C[C@@H]2CN(Cc3cnc(-c4ccccc4C)s3)C[C@@H]2O)n[nH]1. The molecule has 0 bridgehead atoms. The van der Waals surface area contributed by atoms with E-state index in [1.165, 1.54) is 16.0 Å². The zero-order chi connectivity index (χ0) is 18.1. The molecule has 2 aromatic heterocycles. The summed E-state index contributed by atoms with van der Waals surface area (Å²) in [4.78, 5) is 8.18. The Bertz CT molecular complexity index is 887. The second kappa shape index (κ2) is 7.31. The van der Waals surface area contributed by atoms with Gasteiger partial charge in [-0.15, -0.1) is 11.3 Å². The quantitative estimate of drug-likeness (QED) is 0.726. The first-order valence-corrected chi connectivity index (χ1v) is 9.82. The van der Waals surface area contributed by atoms with Gasteiger partial charge in [0.15, 0.2) is 0 Å². The lowest BCUT2D eigenvalue weighted by Gasteiger charge is -2.13. The largest absolute Gasteiger partial charge is 0.391 e. The van der Waals surface area contributed by atoms with Crippen molar-refractivity contribution in [2.45, 2.75) is 32.9 Å². The monoisotopic (exact) mass is 368 g/mol. The normalized spacial score (nSPS) is 20.7. The van der Waals surface area contributed by atoms with Crippen molar-refractivity contribution in [1.82, 2.24) is 20.1 Å². The van der Waals surface area contributed by atoms with E-state index >= 15 is 0 Å². The van der Waals surface area contributed by atoms with E-state index in [1.54, 1.807) is 11.3 Å². The molecule has 1 aliphatic rings. The van der Waals surface area contributed by atoms with E-state index in [4.69, 9.17) is 0 Å². The molecular formula is C20H24N4OS. The van der Waals surface area contributed by atoms with Gasteiger partial charge >= 0.3 is 0 Å². The van der Waals surface area contributed by atoms with Crippen molar-refractivity contribution in [3.8, 4) is 10.6 Å². The van der Waals surface area contributed by atoms with Gasteiger partial charge in [-0.1, -0.05) is 24.3 Å². The van der Waals surface area contributed by atoms with Gasteiger partial charge in [-0.2, -0.15) is 5.10 Å². The van der Waals surface area contributed by atoms with Crippen LogP contribution in [0.3, 0.4) is 0 Å². The second-order valence-corrected chi connectivity index (χ2v) is 8.33. The van der Waals surface area contributed by atoms with Crippen LogP contribution in [0.15, 0.2) is 36.5 Å². The Balaban J connectivity index is 1.40. The number of thiazole rings is 1. The lowest BCUT2D eigenvalue weighted by atomic mass is 10.0. The maximum atomic E-state index is 10.4. The molecule has 4 rings (SSSR count). The topological polar surface area (TPSA) is 65.0 Å². The third-order valence-corrected chi connectivity index (χ3v) is 6.04. The van der Waals surface area contributed by atoms with Crippen LogP contribution in [-0.2, 0) is 13.0 Å². The van der Waals surface area contributed by atoms with Crippen molar-refractivity contribution in [2.24, 2.45) is 5.92 Å². The summed E-state index contributed by atoms with van der Waals surface area (Å²) in [6.07, 6.45) is 2.50. The number of benzene rings is 1. The number of H-pyrrole nitrogens is 1. The number of aliphatic hydroxyl groups is 1. The summed E-state index contributed by atoms with van der Waals surface area (Å²) in [5.74, 6) is 0.237. The molecule has 0 radical (unpaired) electrons. The third kappa shape index (κ3) is 3.72. The second-order valence-electron chi connectivity index (χ2n) is 7.21. The predicted molar refractivity (Wildman–Crippen MR) is 104 cm³/mol. The maximum absolute atomic E-state index is 10.4. The van der Waals surface area contributed by atoms with Crippen LogP contribution >= 0.6 is 11.3 Å². The molecule has 5 nitrogen and oxygen atoms in total. The average Bonchev–Trinajstić information content (AvgIpc) is 3.31. The van der Waals surface area contributed by atoms with Gasteiger partial charge in [0.2, 0.25) is 0 Å². The lowest BCUT2D eigenvalue weighted by molar-refractivity contribution is 0.140. The van der Waals surface area contributed by atoms with Crippen molar-refractivity contribution < 1.29 is 5.11 Å².